The Labute approximate surface area is 76.5 Å². The predicted molar refractivity (Wildman–Crippen MR) is 42.2 cm³/mol. The van der Waals surface area contributed by atoms with Crippen LogP contribution in [0.4, 0.5) is 18.9 Å². The van der Waals surface area contributed by atoms with Crippen LogP contribution in [0.5, 0.6) is 0 Å². The van der Waals surface area contributed by atoms with Crippen molar-refractivity contribution >= 4 is 5.69 Å². The highest BCUT2D eigenvalue weighted by Crippen LogP contribution is 2.07. The van der Waals surface area contributed by atoms with Gasteiger partial charge in [0.2, 0.25) is 0 Å². The highest BCUT2D eigenvalue weighted by Gasteiger charge is 2.09. The Morgan fingerprint density at radius 3 is 2.79 bits per heavy atom. The lowest BCUT2D eigenvalue weighted by molar-refractivity contribution is -0.138. The molecule has 0 aliphatic carbocycles. The quantitative estimate of drug-likeness (QED) is 0.773. The molecule has 0 saturated carbocycles. The maximum atomic E-state index is 12.9. The van der Waals surface area contributed by atoms with E-state index >= 15 is 0 Å². The fourth-order valence-corrected chi connectivity index (χ4v) is 0.809. The van der Waals surface area contributed by atoms with E-state index in [0.717, 1.165) is 6.07 Å². The summed E-state index contributed by atoms with van der Waals surface area (Å²) in [4.78, 5) is 12.8. The molecule has 0 atom stereocenters. The van der Waals surface area contributed by atoms with Crippen LogP contribution in [0, 0.1) is 5.82 Å². The fraction of sp³-hybridized carbons (Fsp3) is 0.286. The van der Waals surface area contributed by atoms with E-state index in [-0.39, 0.29) is 11.4 Å². The summed E-state index contributed by atoms with van der Waals surface area (Å²) in [7, 11) is 0. The summed E-state index contributed by atoms with van der Waals surface area (Å²) in [5.41, 5.74) is 3.66. The molecule has 1 rings (SSSR count). The molecule has 4 nitrogen and oxygen atoms in total. The van der Waals surface area contributed by atoms with Gasteiger partial charge in [-0.25, -0.2) is 4.39 Å². The van der Waals surface area contributed by atoms with Crippen molar-refractivity contribution in [3.8, 4) is 0 Å². The summed E-state index contributed by atoms with van der Waals surface area (Å²) in [6.45, 7) is -3.73. The number of H-pyrrole nitrogens is 1. The van der Waals surface area contributed by atoms with Gasteiger partial charge in [-0.05, 0) is 0 Å². The minimum Gasteiger partial charge on any atom is -0.394 e. The van der Waals surface area contributed by atoms with Crippen molar-refractivity contribution in [3.63, 3.8) is 0 Å². The number of rotatable bonds is 3. The van der Waals surface area contributed by atoms with Gasteiger partial charge in [-0.2, -0.15) is 8.78 Å². The first kappa shape index (κ1) is 10.6. The van der Waals surface area contributed by atoms with Crippen LogP contribution in [0.1, 0.15) is 5.69 Å². The van der Waals surface area contributed by atoms with Crippen LogP contribution >= 0.6 is 0 Å². The third-order valence-electron chi connectivity index (χ3n) is 1.45. The van der Waals surface area contributed by atoms with Crippen LogP contribution in [-0.4, -0.2) is 11.6 Å². The molecule has 3 N–H and O–H groups in total. The Morgan fingerprint density at radius 1 is 1.57 bits per heavy atom. The fourth-order valence-electron chi connectivity index (χ4n) is 0.809. The molecule has 0 amide bonds. The van der Waals surface area contributed by atoms with E-state index in [9.17, 15) is 18.0 Å². The normalized spacial score (nSPS) is 10.9. The van der Waals surface area contributed by atoms with Crippen molar-refractivity contribution in [2.45, 2.75) is 13.2 Å². The van der Waals surface area contributed by atoms with Crippen LogP contribution < -0.4 is 11.3 Å². The smallest absolute Gasteiger partial charge is 0.345 e. The number of anilines is 1. The number of nitrogens with one attached hydrogen (secondary N) is 1. The molecule has 0 saturated heterocycles. The Morgan fingerprint density at radius 2 is 2.21 bits per heavy atom. The molecule has 78 valence electrons. The number of halogens is 3. The molecule has 0 aliphatic rings. The van der Waals surface area contributed by atoms with Gasteiger partial charge < -0.3 is 15.5 Å². The number of aromatic amines is 1. The van der Waals surface area contributed by atoms with Gasteiger partial charge in [-0.3, -0.25) is 4.79 Å². The topological polar surface area (TPSA) is 68.1 Å². The van der Waals surface area contributed by atoms with Crippen LogP contribution in [0.25, 0.3) is 0 Å². The molecule has 1 heterocycles. The van der Waals surface area contributed by atoms with Gasteiger partial charge in [0, 0.05) is 6.07 Å². The lowest BCUT2D eigenvalue weighted by Crippen LogP contribution is -2.16. The summed E-state index contributed by atoms with van der Waals surface area (Å²) >= 11 is 0. The van der Waals surface area contributed by atoms with Crippen LogP contribution in [0.3, 0.4) is 0 Å². The van der Waals surface area contributed by atoms with Gasteiger partial charge in [-0.15, -0.1) is 0 Å². The van der Waals surface area contributed by atoms with E-state index in [1.165, 1.54) is 0 Å². The van der Waals surface area contributed by atoms with Gasteiger partial charge >= 0.3 is 6.61 Å². The maximum absolute atomic E-state index is 12.9. The highest BCUT2D eigenvalue weighted by molar-refractivity contribution is 5.35. The van der Waals surface area contributed by atoms with Crippen molar-refractivity contribution in [1.29, 1.82) is 0 Å². The molecule has 14 heavy (non-hydrogen) atoms. The van der Waals surface area contributed by atoms with E-state index in [2.05, 4.69) is 4.74 Å². The Balaban J connectivity index is 2.87. The first-order chi connectivity index (χ1) is 6.50. The second-order valence-corrected chi connectivity index (χ2v) is 2.45. The first-order valence-corrected chi connectivity index (χ1v) is 3.57. The molecule has 0 aromatic carbocycles. The van der Waals surface area contributed by atoms with Crippen molar-refractivity contribution in [2.24, 2.45) is 0 Å². The molecule has 0 radical (unpaired) electrons. The summed E-state index contributed by atoms with van der Waals surface area (Å²) in [5, 5.41) is 0. The van der Waals surface area contributed by atoms with Crippen LogP contribution in [0.2, 0.25) is 0 Å². The van der Waals surface area contributed by atoms with Crippen LogP contribution in [-0.2, 0) is 11.3 Å². The molecule has 0 bridgehead atoms. The van der Waals surface area contributed by atoms with Gasteiger partial charge in [0.1, 0.15) is 11.5 Å². The molecule has 0 fully saturated rings. The Hall–Kier alpha value is -1.50. The van der Waals surface area contributed by atoms with Crippen molar-refractivity contribution < 1.29 is 17.9 Å². The van der Waals surface area contributed by atoms with Crippen molar-refractivity contribution in [3.05, 3.63) is 27.9 Å². The van der Waals surface area contributed by atoms with Gasteiger partial charge in [0.15, 0.2) is 0 Å². The van der Waals surface area contributed by atoms with Gasteiger partial charge in [0.05, 0.1) is 12.3 Å². The average Bonchev–Trinajstić information content (AvgIpc) is 2.09. The lowest BCUT2D eigenvalue weighted by atomic mass is 10.3. The molecular formula is C7H7F3N2O2. The van der Waals surface area contributed by atoms with Crippen molar-refractivity contribution in [1.82, 2.24) is 4.98 Å². The zero-order valence-electron chi connectivity index (χ0n) is 6.89. The van der Waals surface area contributed by atoms with E-state index in [1.807, 2.05) is 4.98 Å². The number of nitrogens with two attached hydrogens (primary N) is 1. The van der Waals surface area contributed by atoms with E-state index in [1.54, 1.807) is 0 Å². The number of nitrogen functional groups attached to an aromatic ring is 1. The molecule has 0 unspecified atom stereocenters. The molecule has 1 aromatic rings. The second-order valence-electron chi connectivity index (χ2n) is 2.45. The summed E-state index contributed by atoms with van der Waals surface area (Å²) < 4.78 is 39.9. The Bertz CT molecular complexity index is 378. The highest BCUT2D eigenvalue weighted by atomic mass is 19.3. The standard InChI is InChI=1S/C7H7F3N2O2/c8-3-1-4(11)6(13)12-5(3)2-14-7(9)10/h1,7H,2,11H2,(H,12,13). The number of pyridine rings is 1. The monoisotopic (exact) mass is 208 g/mol. The molecular weight excluding hydrogens is 201 g/mol. The SMILES string of the molecule is Nc1cc(F)c(COC(F)F)[nH]c1=O. The average molecular weight is 208 g/mol. The van der Waals surface area contributed by atoms with Crippen molar-refractivity contribution in [2.75, 3.05) is 5.73 Å². The zero-order chi connectivity index (χ0) is 10.7. The number of hydrogen-bond acceptors (Lipinski definition) is 3. The van der Waals surface area contributed by atoms with Crippen LogP contribution in [0.15, 0.2) is 10.9 Å². The minimum atomic E-state index is -3.02. The van der Waals surface area contributed by atoms with Gasteiger partial charge in [-0.1, -0.05) is 0 Å². The minimum absolute atomic E-state index is 0.316. The molecule has 0 spiro atoms. The van der Waals surface area contributed by atoms with E-state index < -0.39 is 24.6 Å². The second kappa shape index (κ2) is 4.14. The van der Waals surface area contributed by atoms with E-state index in [4.69, 9.17) is 5.73 Å². The summed E-state index contributed by atoms with van der Waals surface area (Å²) in [6.07, 6.45) is 0. The zero-order valence-corrected chi connectivity index (χ0v) is 6.89. The number of ether oxygens (including phenoxy) is 1. The third-order valence-corrected chi connectivity index (χ3v) is 1.45. The molecule has 0 aliphatic heterocycles. The number of hydrogen-bond donors (Lipinski definition) is 2. The number of aromatic nitrogens is 1. The molecule has 7 heteroatoms. The summed E-state index contributed by atoms with van der Waals surface area (Å²) in [6, 6.07) is 0.753. The largest absolute Gasteiger partial charge is 0.394 e. The lowest BCUT2D eigenvalue weighted by Gasteiger charge is -2.04. The third kappa shape index (κ3) is 2.49. The van der Waals surface area contributed by atoms with Gasteiger partial charge in [0.25, 0.3) is 5.56 Å². The first-order valence-electron chi connectivity index (χ1n) is 3.57. The predicted octanol–water partition coefficient (Wildman–Crippen LogP) is 0.835. The number of alkyl halides is 2. The van der Waals surface area contributed by atoms with E-state index in [0.29, 0.717) is 0 Å². The Kier molecular flexibility index (Phi) is 3.13. The maximum Gasteiger partial charge on any atom is 0.345 e. The molecule has 1 aromatic heterocycles. The summed E-state index contributed by atoms with van der Waals surface area (Å²) in [5.74, 6) is -0.886.